The number of methoxy groups -OCH3 is 1. The number of hydrogen-bond donors (Lipinski definition) is 5. The van der Waals surface area contributed by atoms with Crippen LogP contribution in [0.2, 0.25) is 0 Å². The number of nitrogens with zero attached hydrogens (tertiary/aromatic N) is 1. The predicted molar refractivity (Wildman–Crippen MR) is 149 cm³/mol. The summed E-state index contributed by atoms with van der Waals surface area (Å²) in [7, 11) is 1.46. The van der Waals surface area contributed by atoms with E-state index in [0.717, 1.165) is 12.8 Å². The highest BCUT2D eigenvalue weighted by molar-refractivity contribution is 5.96. The molecule has 1 unspecified atom stereocenters. The normalized spacial score (nSPS) is 15.5. The molecule has 9 heteroatoms. The summed E-state index contributed by atoms with van der Waals surface area (Å²) in [6, 6.07) is 12.4. The van der Waals surface area contributed by atoms with Crippen LogP contribution in [0.25, 0.3) is 17.3 Å². The molecule has 1 amide bonds. The monoisotopic (exact) mass is 534 g/mol. The van der Waals surface area contributed by atoms with Crippen molar-refractivity contribution in [1.29, 1.82) is 0 Å². The minimum Gasteiger partial charge on any atom is -0.495 e. The highest BCUT2D eigenvalue weighted by Crippen LogP contribution is 2.46. The van der Waals surface area contributed by atoms with Crippen molar-refractivity contribution in [3.05, 3.63) is 82.4 Å². The Balaban J connectivity index is 1.70. The lowest BCUT2D eigenvalue weighted by atomic mass is 9.88. The summed E-state index contributed by atoms with van der Waals surface area (Å²) in [5, 5.41) is 25.6. The van der Waals surface area contributed by atoms with Crippen molar-refractivity contribution in [1.82, 2.24) is 10.3 Å². The first-order valence-corrected chi connectivity index (χ1v) is 12.7. The molecule has 0 radical (unpaired) electrons. The van der Waals surface area contributed by atoms with Gasteiger partial charge in [0.25, 0.3) is 5.91 Å². The van der Waals surface area contributed by atoms with E-state index in [0.29, 0.717) is 45.2 Å². The quantitative estimate of drug-likeness (QED) is 0.261. The number of nitrogen functional groups attached to an aromatic ring is 1. The molecule has 1 heterocycles. The van der Waals surface area contributed by atoms with E-state index in [2.05, 4.69) is 5.32 Å². The molecule has 2 aromatic carbocycles. The van der Waals surface area contributed by atoms with Gasteiger partial charge in [0.1, 0.15) is 17.2 Å². The van der Waals surface area contributed by atoms with Gasteiger partial charge in [-0.25, -0.2) is 9.37 Å². The summed E-state index contributed by atoms with van der Waals surface area (Å²) in [5.74, 6) is -0.623. The lowest BCUT2D eigenvalue weighted by Crippen LogP contribution is -2.43. The molecule has 4 rings (SSSR count). The molecule has 7 N–H and O–H groups in total. The van der Waals surface area contributed by atoms with Crippen molar-refractivity contribution < 1.29 is 24.1 Å². The van der Waals surface area contributed by atoms with Gasteiger partial charge in [0.05, 0.1) is 36.3 Å². The number of amides is 1. The topological polar surface area (TPSA) is 144 Å². The first-order valence-electron chi connectivity index (χ1n) is 12.7. The van der Waals surface area contributed by atoms with Gasteiger partial charge >= 0.3 is 0 Å². The first-order chi connectivity index (χ1) is 18.3. The summed E-state index contributed by atoms with van der Waals surface area (Å²) in [6.07, 6.45) is 3.17. The standard InChI is InChI=1S/C30H35FN4O4/c1-17(32)11-19-12-20(13-25(39-4)27(19)33)28(36)34-16-30(38,21-7-8-21)26-15-22(29(2,3)37)14-24(35-26)18-5-9-23(31)10-6-18/h5-6,9-15,21,37-38H,7-8,16,32-33H2,1-4H3,(H,34,36)/b17-11-. The van der Waals surface area contributed by atoms with Gasteiger partial charge in [-0.15, -0.1) is 0 Å². The number of benzene rings is 2. The van der Waals surface area contributed by atoms with Crippen molar-refractivity contribution in [2.45, 2.75) is 44.8 Å². The second-order valence-electron chi connectivity index (χ2n) is 10.6. The molecule has 1 atom stereocenters. The van der Waals surface area contributed by atoms with Crippen LogP contribution in [-0.2, 0) is 11.2 Å². The molecule has 1 saturated carbocycles. The number of hydrogen-bond acceptors (Lipinski definition) is 7. The van der Waals surface area contributed by atoms with Gasteiger partial charge in [0.2, 0.25) is 0 Å². The van der Waals surface area contributed by atoms with E-state index >= 15 is 0 Å². The van der Waals surface area contributed by atoms with Crippen LogP contribution in [0.3, 0.4) is 0 Å². The van der Waals surface area contributed by atoms with Crippen LogP contribution in [0.15, 0.2) is 54.2 Å². The van der Waals surface area contributed by atoms with Crippen LogP contribution < -0.4 is 21.5 Å². The Morgan fingerprint density at radius 3 is 2.41 bits per heavy atom. The van der Waals surface area contributed by atoms with Gasteiger partial charge in [-0.05, 0) is 99.7 Å². The number of allylic oxidation sites excluding steroid dienone is 1. The van der Waals surface area contributed by atoms with E-state index < -0.39 is 17.1 Å². The molecular weight excluding hydrogens is 499 g/mol. The van der Waals surface area contributed by atoms with Crippen LogP contribution in [0.5, 0.6) is 5.75 Å². The lowest BCUT2D eigenvalue weighted by molar-refractivity contribution is 0.00888. The molecule has 1 fully saturated rings. The number of aromatic nitrogens is 1. The Labute approximate surface area is 227 Å². The van der Waals surface area contributed by atoms with E-state index in [1.54, 1.807) is 57.2 Å². The summed E-state index contributed by atoms with van der Waals surface area (Å²) in [6.45, 7) is 4.88. The number of ether oxygens (including phenoxy) is 1. The van der Waals surface area contributed by atoms with Crippen LogP contribution in [0.4, 0.5) is 10.1 Å². The Morgan fingerprint density at radius 2 is 1.85 bits per heavy atom. The smallest absolute Gasteiger partial charge is 0.251 e. The zero-order valence-electron chi connectivity index (χ0n) is 22.6. The van der Waals surface area contributed by atoms with Gasteiger partial charge in [0.15, 0.2) is 0 Å². The summed E-state index contributed by atoms with van der Waals surface area (Å²) < 4.78 is 18.9. The Bertz CT molecular complexity index is 1410. The third-order valence-electron chi connectivity index (χ3n) is 6.93. The maximum Gasteiger partial charge on any atom is 0.251 e. The number of carbonyl (C=O) groups is 1. The predicted octanol–water partition coefficient (Wildman–Crippen LogP) is 4.05. The molecule has 1 aromatic heterocycles. The summed E-state index contributed by atoms with van der Waals surface area (Å²) in [4.78, 5) is 18.0. The SMILES string of the molecule is COc1cc(C(=O)NCC(O)(c2cc(C(C)(C)O)cc(-c3ccc(F)cc3)n2)C2CC2)cc(/C=C(/C)N)c1N. The summed E-state index contributed by atoms with van der Waals surface area (Å²) in [5.41, 5.74) is 12.9. The molecule has 0 spiro atoms. The molecule has 0 bridgehead atoms. The van der Waals surface area contributed by atoms with E-state index in [1.165, 1.54) is 25.3 Å². The van der Waals surface area contributed by atoms with Gasteiger partial charge in [-0.2, -0.15) is 0 Å². The number of nitrogens with two attached hydrogens (primary N) is 2. The van der Waals surface area contributed by atoms with E-state index in [1.807, 2.05) is 0 Å². The number of pyridine rings is 1. The van der Waals surface area contributed by atoms with E-state index in [4.69, 9.17) is 21.2 Å². The fraction of sp³-hybridized carbons (Fsp3) is 0.333. The lowest BCUT2D eigenvalue weighted by Gasteiger charge is -2.30. The highest BCUT2D eigenvalue weighted by Gasteiger charge is 2.47. The van der Waals surface area contributed by atoms with Crippen LogP contribution in [0, 0.1) is 11.7 Å². The van der Waals surface area contributed by atoms with Gasteiger partial charge in [-0.3, -0.25) is 4.79 Å². The van der Waals surface area contributed by atoms with Gasteiger partial charge < -0.3 is 31.7 Å². The number of rotatable bonds is 9. The van der Waals surface area contributed by atoms with Crippen LogP contribution in [0.1, 0.15) is 60.8 Å². The average Bonchev–Trinajstić information content (AvgIpc) is 3.74. The van der Waals surface area contributed by atoms with Crippen molar-refractivity contribution in [3.63, 3.8) is 0 Å². The molecule has 3 aromatic rings. The fourth-order valence-corrected chi connectivity index (χ4v) is 4.51. The molecule has 8 nitrogen and oxygen atoms in total. The Hall–Kier alpha value is -3.95. The van der Waals surface area contributed by atoms with Gasteiger partial charge in [0, 0.05) is 22.4 Å². The zero-order valence-corrected chi connectivity index (χ0v) is 22.6. The molecular formula is C30H35FN4O4. The molecule has 0 aliphatic heterocycles. The Morgan fingerprint density at radius 1 is 1.18 bits per heavy atom. The summed E-state index contributed by atoms with van der Waals surface area (Å²) >= 11 is 0. The van der Waals surface area contributed by atoms with Crippen molar-refractivity contribution in [2.24, 2.45) is 11.7 Å². The Kier molecular flexibility index (Phi) is 7.68. The maximum absolute atomic E-state index is 13.6. The number of halogens is 1. The second kappa shape index (κ2) is 10.7. The van der Waals surface area contributed by atoms with Crippen molar-refractivity contribution >= 4 is 17.7 Å². The van der Waals surface area contributed by atoms with Crippen LogP contribution in [-0.4, -0.2) is 34.8 Å². The minimum atomic E-state index is -1.50. The van der Waals surface area contributed by atoms with Crippen molar-refractivity contribution in [3.8, 4) is 17.0 Å². The fourth-order valence-electron chi connectivity index (χ4n) is 4.51. The maximum atomic E-state index is 13.6. The highest BCUT2D eigenvalue weighted by atomic mass is 19.1. The minimum absolute atomic E-state index is 0.116. The zero-order chi connectivity index (χ0) is 28.5. The number of aliphatic hydroxyl groups is 2. The van der Waals surface area contributed by atoms with E-state index in [-0.39, 0.29) is 23.8 Å². The molecule has 206 valence electrons. The molecule has 1 aliphatic carbocycles. The molecule has 0 saturated heterocycles. The number of anilines is 1. The third kappa shape index (κ3) is 6.21. The third-order valence-corrected chi connectivity index (χ3v) is 6.93. The second-order valence-corrected chi connectivity index (χ2v) is 10.6. The largest absolute Gasteiger partial charge is 0.495 e. The van der Waals surface area contributed by atoms with E-state index in [9.17, 15) is 19.4 Å². The first kappa shape index (κ1) is 28.1. The van der Waals surface area contributed by atoms with Crippen molar-refractivity contribution in [2.75, 3.05) is 19.4 Å². The van der Waals surface area contributed by atoms with Gasteiger partial charge in [-0.1, -0.05) is 0 Å². The average molecular weight is 535 g/mol. The number of nitrogens with one attached hydrogen (secondary N) is 1. The molecule has 1 aliphatic rings. The van der Waals surface area contributed by atoms with Crippen LogP contribution >= 0.6 is 0 Å². The number of carbonyl (C=O) groups excluding carboxylic acids is 1. The molecule has 39 heavy (non-hydrogen) atoms.